The lowest BCUT2D eigenvalue weighted by Gasteiger charge is -2.01. The number of methoxy groups -OCH3 is 1. The van der Waals surface area contributed by atoms with Crippen molar-refractivity contribution >= 4 is 28.2 Å². The van der Waals surface area contributed by atoms with Crippen LogP contribution in [0, 0.1) is 0 Å². The van der Waals surface area contributed by atoms with Crippen LogP contribution in [0.3, 0.4) is 0 Å². The fourth-order valence-electron chi connectivity index (χ4n) is 1.50. The van der Waals surface area contributed by atoms with Crippen LogP contribution in [0.25, 0.3) is 0 Å². The van der Waals surface area contributed by atoms with Crippen LogP contribution in [0.5, 0.6) is 0 Å². The standard InChI is InChI=1S/C11H13N5O3S/c1-7(17)9-8(10(18)19-2)14-11(20-9)12-3-5-16-6-4-13-15-16/h4,6H,3,5H2,1-2H3,(H,12,14). The minimum absolute atomic E-state index is 0.0493. The van der Waals surface area contributed by atoms with Gasteiger partial charge < -0.3 is 10.1 Å². The van der Waals surface area contributed by atoms with E-state index in [1.165, 1.54) is 14.0 Å². The number of hydrogen-bond donors (Lipinski definition) is 1. The average molecular weight is 295 g/mol. The lowest BCUT2D eigenvalue weighted by molar-refractivity contribution is 0.0591. The molecule has 2 heterocycles. The molecule has 0 aliphatic rings. The zero-order chi connectivity index (χ0) is 14.5. The maximum absolute atomic E-state index is 11.5. The predicted molar refractivity (Wildman–Crippen MR) is 72.0 cm³/mol. The summed E-state index contributed by atoms with van der Waals surface area (Å²) in [6.45, 7) is 2.54. The number of rotatable bonds is 6. The van der Waals surface area contributed by atoms with Crippen LogP contribution < -0.4 is 5.32 Å². The third-order valence-corrected chi connectivity index (χ3v) is 3.53. The molecular weight excluding hydrogens is 282 g/mol. The molecule has 0 unspecified atom stereocenters. The van der Waals surface area contributed by atoms with Crippen molar-refractivity contribution in [3.8, 4) is 0 Å². The summed E-state index contributed by atoms with van der Waals surface area (Å²) in [6.07, 6.45) is 3.33. The number of aromatic nitrogens is 4. The largest absolute Gasteiger partial charge is 0.464 e. The number of esters is 1. The molecule has 0 bridgehead atoms. The Hall–Kier alpha value is -2.29. The van der Waals surface area contributed by atoms with Gasteiger partial charge in [0, 0.05) is 19.7 Å². The maximum atomic E-state index is 11.5. The number of ketones is 1. The van der Waals surface area contributed by atoms with Gasteiger partial charge >= 0.3 is 5.97 Å². The Bertz CT molecular complexity index is 608. The van der Waals surface area contributed by atoms with Gasteiger partial charge in [-0.3, -0.25) is 9.48 Å². The molecule has 8 nitrogen and oxygen atoms in total. The first-order valence-corrected chi connectivity index (χ1v) is 6.61. The van der Waals surface area contributed by atoms with E-state index < -0.39 is 5.97 Å². The van der Waals surface area contributed by atoms with Crippen molar-refractivity contribution in [3.05, 3.63) is 23.0 Å². The highest BCUT2D eigenvalue weighted by Crippen LogP contribution is 2.24. The SMILES string of the molecule is COC(=O)c1nc(NCCn2ccnn2)sc1C(C)=O. The molecule has 9 heteroatoms. The first kappa shape index (κ1) is 14.1. The molecule has 0 aliphatic carbocycles. The molecule has 0 amide bonds. The Morgan fingerprint density at radius 3 is 2.90 bits per heavy atom. The lowest BCUT2D eigenvalue weighted by atomic mass is 10.3. The molecule has 2 aromatic rings. The minimum Gasteiger partial charge on any atom is -0.464 e. The van der Waals surface area contributed by atoms with Gasteiger partial charge in [0.05, 0.1) is 19.9 Å². The van der Waals surface area contributed by atoms with E-state index in [9.17, 15) is 9.59 Å². The second kappa shape index (κ2) is 6.24. The Labute approximate surface area is 118 Å². The fourth-order valence-corrected chi connectivity index (χ4v) is 2.37. The van der Waals surface area contributed by atoms with E-state index in [1.54, 1.807) is 17.1 Å². The molecule has 0 aliphatic heterocycles. The van der Waals surface area contributed by atoms with Crippen molar-refractivity contribution in [2.24, 2.45) is 0 Å². The summed E-state index contributed by atoms with van der Waals surface area (Å²) in [5.41, 5.74) is 0.0493. The molecule has 0 atom stereocenters. The number of carbonyl (C=O) groups is 2. The Balaban J connectivity index is 2.04. The topological polar surface area (TPSA) is 99.0 Å². The number of nitrogens with zero attached hydrogens (tertiary/aromatic N) is 4. The van der Waals surface area contributed by atoms with Gasteiger partial charge in [-0.15, -0.1) is 5.10 Å². The Morgan fingerprint density at radius 1 is 1.50 bits per heavy atom. The van der Waals surface area contributed by atoms with E-state index >= 15 is 0 Å². The number of nitrogens with one attached hydrogen (secondary N) is 1. The molecule has 0 radical (unpaired) electrons. The van der Waals surface area contributed by atoms with E-state index in [-0.39, 0.29) is 11.5 Å². The highest BCUT2D eigenvalue weighted by Gasteiger charge is 2.21. The van der Waals surface area contributed by atoms with Gasteiger partial charge in [0.15, 0.2) is 16.6 Å². The van der Waals surface area contributed by atoms with Gasteiger partial charge in [0.1, 0.15) is 4.88 Å². The van der Waals surface area contributed by atoms with Crippen molar-refractivity contribution in [1.82, 2.24) is 20.0 Å². The molecule has 2 aromatic heterocycles. The quantitative estimate of drug-likeness (QED) is 0.622. The van der Waals surface area contributed by atoms with Crippen LogP contribution in [-0.4, -0.2) is 45.4 Å². The van der Waals surface area contributed by atoms with Gasteiger partial charge in [-0.1, -0.05) is 16.6 Å². The van der Waals surface area contributed by atoms with Crippen LogP contribution in [0.1, 0.15) is 27.1 Å². The molecule has 0 spiro atoms. The maximum Gasteiger partial charge on any atom is 0.358 e. The first-order valence-electron chi connectivity index (χ1n) is 5.80. The van der Waals surface area contributed by atoms with Crippen molar-refractivity contribution in [3.63, 3.8) is 0 Å². The number of Topliss-reactive ketones (excluding diaryl/α,β-unsaturated/α-hetero) is 1. The summed E-state index contributed by atoms with van der Waals surface area (Å²) in [4.78, 5) is 27.4. The third kappa shape index (κ3) is 3.18. The van der Waals surface area contributed by atoms with Crippen molar-refractivity contribution in [2.75, 3.05) is 19.0 Å². The van der Waals surface area contributed by atoms with Crippen LogP contribution in [-0.2, 0) is 11.3 Å². The highest BCUT2D eigenvalue weighted by molar-refractivity contribution is 7.17. The molecule has 0 saturated carbocycles. The molecule has 2 rings (SSSR count). The molecule has 0 saturated heterocycles. The highest BCUT2D eigenvalue weighted by atomic mass is 32.1. The van der Waals surface area contributed by atoms with Crippen LogP contribution in [0.4, 0.5) is 5.13 Å². The molecule has 0 fully saturated rings. The van der Waals surface area contributed by atoms with Gasteiger partial charge in [0.2, 0.25) is 0 Å². The predicted octanol–water partition coefficient (Wildman–Crippen LogP) is 0.836. The minimum atomic E-state index is -0.615. The Kier molecular flexibility index (Phi) is 4.41. The second-order valence-corrected chi connectivity index (χ2v) is 4.84. The summed E-state index contributed by atoms with van der Waals surface area (Å²) < 4.78 is 6.27. The van der Waals surface area contributed by atoms with E-state index in [1.807, 2.05) is 0 Å². The Morgan fingerprint density at radius 2 is 2.30 bits per heavy atom. The summed E-state index contributed by atoms with van der Waals surface area (Å²) in [5, 5.41) is 11.0. The second-order valence-electron chi connectivity index (χ2n) is 3.84. The zero-order valence-corrected chi connectivity index (χ0v) is 11.8. The molecule has 1 N–H and O–H groups in total. The average Bonchev–Trinajstić information content (AvgIpc) is 3.07. The first-order chi connectivity index (χ1) is 9.61. The van der Waals surface area contributed by atoms with Gasteiger partial charge in [-0.25, -0.2) is 9.78 Å². The number of carbonyl (C=O) groups excluding carboxylic acids is 2. The van der Waals surface area contributed by atoms with Crippen LogP contribution in [0.2, 0.25) is 0 Å². The third-order valence-electron chi connectivity index (χ3n) is 2.41. The lowest BCUT2D eigenvalue weighted by Crippen LogP contribution is -2.11. The van der Waals surface area contributed by atoms with E-state index in [4.69, 9.17) is 0 Å². The monoisotopic (exact) mass is 295 g/mol. The molecule has 20 heavy (non-hydrogen) atoms. The van der Waals surface area contributed by atoms with Gasteiger partial charge in [0.25, 0.3) is 0 Å². The van der Waals surface area contributed by atoms with Gasteiger partial charge in [-0.2, -0.15) is 0 Å². The van der Waals surface area contributed by atoms with Crippen molar-refractivity contribution in [2.45, 2.75) is 13.5 Å². The number of thiazole rings is 1. The zero-order valence-electron chi connectivity index (χ0n) is 11.0. The molecule has 0 aromatic carbocycles. The van der Waals surface area contributed by atoms with Gasteiger partial charge in [-0.05, 0) is 0 Å². The smallest absolute Gasteiger partial charge is 0.358 e. The summed E-state index contributed by atoms with van der Waals surface area (Å²) >= 11 is 1.13. The van der Waals surface area contributed by atoms with Crippen LogP contribution in [0.15, 0.2) is 12.4 Å². The normalized spacial score (nSPS) is 10.3. The van der Waals surface area contributed by atoms with E-state index in [0.717, 1.165) is 11.3 Å². The van der Waals surface area contributed by atoms with E-state index in [0.29, 0.717) is 23.1 Å². The van der Waals surface area contributed by atoms with E-state index in [2.05, 4.69) is 25.3 Å². The van der Waals surface area contributed by atoms with Crippen molar-refractivity contribution in [1.29, 1.82) is 0 Å². The number of anilines is 1. The fraction of sp³-hybridized carbons (Fsp3) is 0.364. The summed E-state index contributed by atoms with van der Waals surface area (Å²) in [5.74, 6) is -0.831. The van der Waals surface area contributed by atoms with Crippen LogP contribution >= 0.6 is 11.3 Å². The number of hydrogen-bond acceptors (Lipinski definition) is 8. The van der Waals surface area contributed by atoms with Crippen molar-refractivity contribution < 1.29 is 14.3 Å². The summed E-state index contributed by atoms with van der Waals surface area (Å²) in [7, 11) is 1.25. The summed E-state index contributed by atoms with van der Waals surface area (Å²) in [6, 6.07) is 0. The molecule has 106 valence electrons. The molecular formula is C11H13N5O3S. The number of ether oxygens (including phenoxy) is 1.